The Labute approximate surface area is 211 Å². The number of rotatable bonds is 7. The lowest BCUT2D eigenvalue weighted by atomic mass is 10.1. The van der Waals surface area contributed by atoms with Gasteiger partial charge in [0.05, 0.1) is 23.3 Å². The molecule has 3 aromatic rings. The summed E-state index contributed by atoms with van der Waals surface area (Å²) in [6.07, 6.45) is 1.59. The van der Waals surface area contributed by atoms with Crippen molar-refractivity contribution in [1.82, 2.24) is 15.0 Å². The molecule has 0 radical (unpaired) electrons. The van der Waals surface area contributed by atoms with Gasteiger partial charge in [-0.05, 0) is 24.3 Å². The van der Waals surface area contributed by atoms with Gasteiger partial charge in [-0.25, -0.2) is 0 Å². The van der Waals surface area contributed by atoms with E-state index in [-0.39, 0.29) is 0 Å². The molecular weight excluding hydrogens is 510 g/mol. The van der Waals surface area contributed by atoms with Gasteiger partial charge in [0.15, 0.2) is 10.6 Å². The van der Waals surface area contributed by atoms with Gasteiger partial charge in [-0.1, -0.05) is 57.6 Å². The molecule has 0 unspecified atom stereocenters. The van der Waals surface area contributed by atoms with Crippen molar-refractivity contribution >= 4 is 58.0 Å². The molecule has 0 spiro atoms. The number of hydrogen-bond donors (Lipinski definition) is 0. The third-order valence-corrected chi connectivity index (χ3v) is 6.24. The normalized spacial score (nSPS) is 14.6. The zero-order valence-electron chi connectivity index (χ0n) is 17.4. The number of carbonyl (C=O) groups is 1. The fourth-order valence-electron chi connectivity index (χ4n) is 3.53. The van der Waals surface area contributed by atoms with E-state index in [4.69, 9.17) is 55.7 Å². The highest BCUT2D eigenvalue weighted by Crippen LogP contribution is 2.36. The molecule has 1 aromatic carbocycles. The van der Waals surface area contributed by atoms with Gasteiger partial charge in [0.25, 0.3) is 5.91 Å². The molecule has 1 aliphatic rings. The topological polar surface area (TPSA) is 71.7 Å². The van der Waals surface area contributed by atoms with Crippen LogP contribution in [0.25, 0.3) is 22.7 Å². The van der Waals surface area contributed by atoms with Crippen molar-refractivity contribution in [1.29, 1.82) is 0 Å². The number of alkyl halides is 2. The molecule has 1 aliphatic heterocycles. The number of aromatic nitrogens is 2. The predicted molar refractivity (Wildman–Crippen MR) is 130 cm³/mol. The van der Waals surface area contributed by atoms with Gasteiger partial charge < -0.3 is 14.2 Å². The third kappa shape index (κ3) is 5.80. The summed E-state index contributed by atoms with van der Waals surface area (Å²) in [5, 5.41) is 5.01. The number of halogens is 4. The lowest BCUT2D eigenvalue weighted by Gasteiger charge is -2.30. The van der Waals surface area contributed by atoms with E-state index in [0.717, 1.165) is 13.1 Å². The number of ether oxygens (including phenoxy) is 1. The molecular formula is C22H20Cl4N4O3. The van der Waals surface area contributed by atoms with Crippen LogP contribution in [0.3, 0.4) is 0 Å². The van der Waals surface area contributed by atoms with E-state index in [1.807, 2.05) is 0 Å². The smallest absolute Gasteiger partial charge is 0.260 e. The summed E-state index contributed by atoms with van der Waals surface area (Å²) in [7, 11) is 0. The summed E-state index contributed by atoms with van der Waals surface area (Å²) in [5.74, 6) is -0.0124. The van der Waals surface area contributed by atoms with Gasteiger partial charge in [-0.2, -0.15) is 0 Å². The van der Waals surface area contributed by atoms with Crippen LogP contribution in [0.15, 0.2) is 47.1 Å². The largest absolute Gasteiger partial charge is 0.379 e. The van der Waals surface area contributed by atoms with Crippen LogP contribution in [0.2, 0.25) is 10.0 Å². The molecule has 174 valence electrons. The summed E-state index contributed by atoms with van der Waals surface area (Å²) in [4.78, 5) is 19.7. The fourth-order valence-corrected chi connectivity index (χ4v) is 4.36. The Morgan fingerprint density at radius 3 is 2.52 bits per heavy atom. The second-order valence-corrected chi connectivity index (χ2v) is 9.23. The number of hydrogen-bond acceptors (Lipinski definition) is 6. The first-order valence-electron chi connectivity index (χ1n) is 10.2. The van der Waals surface area contributed by atoms with E-state index < -0.39 is 10.7 Å². The summed E-state index contributed by atoms with van der Waals surface area (Å²) >= 11 is 24.4. The van der Waals surface area contributed by atoms with Crippen molar-refractivity contribution in [3.05, 3.63) is 52.6 Å². The highest BCUT2D eigenvalue weighted by molar-refractivity contribution is 6.54. The number of pyridine rings is 1. The minimum Gasteiger partial charge on any atom is -0.379 e. The molecule has 11 heteroatoms. The standard InChI is InChI=1S/C22H20Cl4N4O3/c23-15-2-1-3-16(24)20(15)18-13-19(33-28-18)17-12-14(4-5-27-17)30(22(31)21(25)26)7-6-29-8-10-32-11-9-29/h1-5,12-13,21H,6-11H2. The van der Waals surface area contributed by atoms with Crippen molar-refractivity contribution in [3.8, 4) is 22.7 Å². The van der Waals surface area contributed by atoms with Crippen LogP contribution in [-0.2, 0) is 9.53 Å². The van der Waals surface area contributed by atoms with Crippen LogP contribution in [0.4, 0.5) is 5.69 Å². The van der Waals surface area contributed by atoms with Gasteiger partial charge in [0.2, 0.25) is 0 Å². The lowest BCUT2D eigenvalue weighted by molar-refractivity contribution is -0.117. The molecule has 0 saturated carbocycles. The van der Waals surface area contributed by atoms with E-state index in [1.165, 1.54) is 0 Å². The molecule has 3 heterocycles. The molecule has 4 rings (SSSR count). The highest BCUT2D eigenvalue weighted by Gasteiger charge is 2.24. The zero-order chi connectivity index (χ0) is 23.4. The maximum Gasteiger partial charge on any atom is 0.260 e. The average molecular weight is 530 g/mol. The molecule has 1 saturated heterocycles. The maximum atomic E-state index is 12.8. The lowest BCUT2D eigenvalue weighted by Crippen LogP contribution is -2.44. The minimum atomic E-state index is -1.19. The van der Waals surface area contributed by atoms with E-state index in [0.29, 0.717) is 64.7 Å². The molecule has 0 aliphatic carbocycles. The monoisotopic (exact) mass is 528 g/mol. The van der Waals surface area contributed by atoms with Crippen molar-refractivity contribution in [2.24, 2.45) is 0 Å². The Kier molecular flexibility index (Phi) is 8.11. The van der Waals surface area contributed by atoms with Gasteiger partial charge >= 0.3 is 0 Å². The fraction of sp³-hybridized carbons (Fsp3) is 0.318. The van der Waals surface area contributed by atoms with E-state index in [1.54, 1.807) is 47.5 Å². The predicted octanol–water partition coefficient (Wildman–Crippen LogP) is 5.18. The Morgan fingerprint density at radius 1 is 1.09 bits per heavy atom. The Hall–Kier alpha value is -1.87. The van der Waals surface area contributed by atoms with Crippen LogP contribution in [0.5, 0.6) is 0 Å². The molecule has 33 heavy (non-hydrogen) atoms. The minimum absolute atomic E-state index is 0.400. The quantitative estimate of drug-likeness (QED) is 0.393. The van der Waals surface area contributed by atoms with E-state index in [9.17, 15) is 4.79 Å². The van der Waals surface area contributed by atoms with Crippen molar-refractivity contribution in [3.63, 3.8) is 0 Å². The van der Waals surface area contributed by atoms with Crippen molar-refractivity contribution < 1.29 is 14.1 Å². The van der Waals surface area contributed by atoms with Crippen molar-refractivity contribution in [2.45, 2.75) is 4.84 Å². The number of amides is 1. The SMILES string of the molecule is O=C(C(Cl)Cl)N(CCN1CCOCC1)c1ccnc(-c2cc(-c3c(Cl)cccc3Cl)no2)c1. The van der Waals surface area contributed by atoms with Crippen LogP contribution in [-0.4, -0.2) is 65.2 Å². The Morgan fingerprint density at radius 2 is 1.82 bits per heavy atom. The van der Waals surface area contributed by atoms with Crippen LogP contribution >= 0.6 is 46.4 Å². The molecule has 7 nitrogen and oxygen atoms in total. The first-order valence-corrected chi connectivity index (χ1v) is 11.8. The summed E-state index contributed by atoms with van der Waals surface area (Å²) < 4.78 is 10.9. The highest BCUT2D eigenvalue weighted by atomic mass is 35.5. The first-order chi connectivity index (χ1) is 15.9. The Bertz CT molecular complexity index is 1100. The number of nitrogens with zero attached hydrogens (tertiary/aromatic N) is 4. The van der Waals surface area contributed by atoms with Crippen LogP contribution in [0.1, 0.15) is 0 Å². The Balaban J connectivity index is 1.59. The third-order valence-electron chi connectivity index (χ3n) is 5.23. The van der Waals surface area contributed by atoms with Crippen LogP contribution < -0.4 is 4.90 Å². The van der Waals surface area contributed by atoms with E-state index >= 15 is 0 Å². The first kappa shape index (κ1) is 24.3. The van der Waals surface area contributed by atoms with Gasteiger partial charge in [-0.15, -0.1) is 0 Å². The van der Waals surface area contributed by atoms with Crippen molar-refractivity contribution in [2.75, 3.05) is 44.3 Å². The summed E-state index contributed by atoms with van der Waals surface area (Å²) in [6, 6.07) is 10.4. The van der Waals surface area contributed by atoms with Crippen LogP contribution in [0, 0.1) is 0 Å². The average Bonchev–Trinajstić information content (AvgIpc) is 3.29. The number of anilines is 1. The maximum absolute atomic E-state index is 12.8. The molecule has 2 aromatic heterocycles. The zero-order valence-corrected chi connectivity index (χ0v) is 20.4. The second-order valence-electron chi connectivity index (χ2n) is 7.32. The van der Waals surface area contributed by atoms with Gasteiger partial charge in [0, 0.05) is 49.7 Å². The summed E-state index contributed by atoms with van der Waals surface area (Å²) in [6.45, 7) is 4.02. The van der Waals surface area contributed by atoms with Gasteiger partial charge in [-0.3, -0.25) is 14.7 Å². The number of morpholine rings is 1. The second kappa shape index (κ2) is 11.0. The molecule has 1 amide bonds. The molecule has 0 atom stereocenters. The number of benzene rings is 1. The van der Waals surface area contributed by atoms with E-state index in [2.05, 4.69) is 15.0 Å². The number of carbonyl (C=O) groups excluding carboxylic acids is 1. The molecule has 0 bridgehead atoms. The summed E-state index contributed by atoms with van der Waals surface area (Å²) in [5.41, 5.74) is 2.13. The molecule has 1 fully saturated rings. The van der Waals surface area contributed by atoms with Gasteiger partial charge in [0.1, 0.15) is 11.4 Å². The molecule has 0 N–H and O–H groups in total.